The molecule has 0 aliphatic heterocycles. The minimum atomic E-state index is -2.01. The maximum absolute atomic E-state index is 12.7. The summed E-state index contributed by atoms with van der Waals surface area (Å²) in [6, 6.07) is 5.20. The van der Waals surface area contributed by atoms with E-state index in [2.05, 4.69) is 15.0 Å². The minimum Gasteiger partial charge on any atom is -0.497 e. The fourth-order valence-corrected chi connectivity index (χ4v) is 3.54. The standard InChI is InChI=1S/C17H17N3O4S/c1-9-8-18-14(10(2)15(9)24-4)16(21)25(22)17-19-12-6-5-11(23-3)7-13(12)20-17/h5-8H,1-4H3,(H,19,20). The molecule has 0 bridgehead atoms. The number of hydrogen-bond donors (Lipinski definition) is 1. The Morgan fingerprint density at radius 2 is 1.96 bits per heavy atom. The highest BCUT2D eigenvalue weighted by Gasteiger charge is 2.25. The molecule has 2 aromatic heterocycles. The number of hydrogen-bond acceptors (Lipinski definition) is 6. The SMILES string of the molecule is COc1ccc2nc(S(=O)C(=O)c3ncc(C)c(OC)c3C)[nH]c2c1. The molecule has 0 aliphatic rings. The van der Waals surface area contributed by atoms with Crippen molar-refractivity contribution in [2.45, 2.75) is 19.0 Å². The van der Waals surface area contributed by atoms with Gasteiger partial charge >= 0.3 is 0 Å². The first-order valence-electron chi connectivity index (χ1n) is 7.46. The van der Waals surface area contributed by atoms with Crippen molar-refractivity contribution in [3.63, 3.8) is 0 Å². The normalized spacial score (nSPS) is 12.2. The second kappa shape index (κ2) is 6.64. The van der Waals surface area contributed by atoms with Gasteiger partial charge in [0.2, 0.25) is 5.16 Å². The van der Waals surface area contributed by atoms with Crippen LogP contribution in [0, 0.1) is 13.8 Å². The Morgan fingerprint density at radius 1 is 1.20 bits per heavy atom. The number of carbonyl (C=O) groups excluding carboxylic acids is 1. The number of methoxy groups -OCH3 is 2. The van der Waals surface area contributed by atoms with Crippen molar-refractivity contribution in [1.82, 2.24) is 15.0 Å². The number of carbonyl (C=O) groups is 1. The summed E-state index contributed by atoms with van der Waals surface area (Å²) in [7, 11) is 1.06. The van der Waals surface area contributed by atoms with E-state index >= 15 is 0 Å². The van der Waals surface area contributed by atoms with Crippen LogP contribution in [0.4, 0.5) is 0 Å². The van der Waals surface area contributed by atoms with Crippen LogP contribution in [0.15, 0.2) is 29.6 Å². The second-order valence-corrected chi connectivity index (χ2v) is 6.72. The van der Waals surface area contributed by atoms with Gasteiger partial charge in [-0.15, -0.1) is 0 Å². The third-order valence-electron chi connectivity index (χ3n) is 3.85. The summed E-state index contributed by atoms with van der Waals surface area (Å²) < 4.78 is 23.1. The maximum atomic E-state index is 12.7. The van der Waals surface area contributed by atoms with E-state index < -0.39 is 15.9 Å². The van der Waals surface area contributed by atoms with Gasteiger partial charge in [-0.3, -0.25) is 9.78 Å². The van der Waals surface area contributed by atoms with Gasteiger partial charge in [-0.05, 0) is 26.0 Å². The fourth-order valence-electron chi connectivity index (χ4n) is 2.60. The van der Waals surface area contributed by atoms with Gasteiger partial charge in [-0.1, -0.05) is 0 Å². The lowest BCUT2D eigenvalue weighted by Gasteiger charge is -2.10. The zero-order chi connectivity index (χ0) is 18.1. The van der Waals surface area contributed by atoms with Crippen LogP contribution in [0.2, 0.25) is 0 Å². The third kappa shape index (κ3) is 3.00. The Kier molecular flexibility index (Phi) is 4.54. The highest BCUT2D eigenvalue weighted by atomic mass is 32.2. The molecule has 3 aromatic rings. The van der Waals surface area contributed by atoms with Gasteiger partial charge in [0.25, 0.3) is 5.12 Å². The number of ether oxygens (including phenoxy) is 2. The van der Waals surface area contributed by atoms with Gasteiger partial charge in [-0.2, -0.15) is 0 Å². The van der Waals surface area contributed by atoms with Crippen LogP contribution < -0.4 is 9.47 Å². The van der Waals surface area contributed by atoms with Crippen molar-refractivity contribution < 1.29 is 18.5 Å². The molecule has 0 amide bonds. The molecule has 1 aromatic carbocycles. The van der Waals surface area contributed by atoms with Crippen LogP contribution in [-0.4, -0.2) is 38.5 Å². The van der Waals surface area contributed by atoms with Crippen LogP contribution >= 0.6 is 0 Å². The minimum absolute atomic E-state index is 0.0778. The number of aromatic amines is 1. The first-order chi connectivity index (χ1) is 12.0. The van der Waals surface area contributed by atoms with Crippen LogP contribution in [-0.2, 0) is 10.8 Å². The monoisotopic (exact) mass is 359 g/mol. The van der Waals surface area contributed by atoms with Gasteiger partial charge in [-0.25, -0.2) is 9.19 Å². The largest absolute Gasteiger partial charge is 0.497 e. The highest BCUT2D eigenvalue weighted by molar-refractivity contribution is 8.00. The average Bonchev–Trinajstić information content (AvgIpc) is 3.04. The first kappa shape index (κ1) is 17.1. The molecule has 0 saturated carbocycles. The summed E-state index contributed by atoms with van der Waals surface area (Å²) in [6.07, 6.45) is 1.53. The highest BCUT2D eigenvalue weighted by Crippen LogP contribution is 2.26. The molecule has 3 rings (SSSR count). The van der Waals surface area contributed by atoms with Gasteiger partial charge in [0, 0.05) is 23.4 Å². The van der Waals surface area contributed by atoms with E-state index in [1.807, 2.05) is 6.92 Å². The van der Waals surface area contributed by atoms with Gasteiger partial charge in [0.1, 0.15) is 17.2 Å². The Bertz CT molecular complexity index is 997. The number of nitrogens with one attached hydrogen (secondary N) is 1. The molecular formula is C17H17N3O4S. The number of imidazole rings is 1. The molecule has 1 unspecified atom stereocenters. The van der Waals surface area contributed by atoms with Gasteiger partial charge < -0.3 is 14.5 Å². The van der Waals surface area contributed by atoms with Crippen molar-refractivity contribution in [1.29, 1.82) is 0 Å². The Hall–Kier alpha value is -2.74. The zero-order valence-electron chi connectivity index (χ0n) is 14.2. The second-order valence-electron chi connectivity index (χ2n) is 5.43. The topological polar surface area (TPSA) is 94.2 Å². The Labute approximate surface area is 146 Å². The van der Waals surface area contributed by atoms with Crippen molar-refractivity contribution in [2.24, 2.45) is 0 Å². The molecule has 0 aliphatic carbocycles. The number of fused-ring (bicyclic) bond motifs is 1. The molecule has 130 valence electrons. The number of aromatic nitrogens is 3. The number of nitrogens with zero attached hydrogens (tertiary/aromatic N) is 2. The maximum Gasteiger partial charge on any atom is 0.275 e. The molecule has 25 heavy (non-hydrogen) atoms. The van der Waals surface area contributed by atoms with E-state index in [1.165, 1.54) is 13.3 Å². The van der Waals surface area contributed by atoms with Gasteiger partial charge in [0.15, 0.2) is 10.8 Å². The lowest BCUT2D eigenvalue weighted by molar-refractivity contribution is 0.107. The quantitative estimate of drug-likeness (QED) is 0.769. The predicted octanol–water partition coefficient (Wildman–Crippen LogP) is 2.54. The van der Waals surface area contributed by atoms with E-state index in [0.717, 1.165) is 5.56 Å². The van der Waals surface area contributed by atoms with E-state index in [9.17, 15) is 9.00 Å². The van der Waals surface area contributed by atoms with Crippen LogP contribution in [0.3, 0.4) is 0 Å². The first-order valence-corrected chi connectivity index (χ1v) is 8.61. The van der Waals surface area contributed by atoms with E-state index in [1.54, 1.807) is 32.2 Å². The number of aryl methyl sites for hydroxylation is 1. The van der Waals surface area contributed by atoms with E-state index in [-0.39, 0.29) is 10.9 Å². The molecular weight excluding hydrogens is 342 g/mol. The number of H-pyrrole nitrogens is 1. The van der Waals surface area contributed by atoms with E-state index in [4.69, 9.17) is 9.47 Å². The molecule has 0 spiro atoms. The summed E-state index contributed by atoms with van der Waals surface area (Å²) in [5.41, 5.74) is 2.71. The van der Waals surface area contributed by atoms with Crippen molar-refractivity contribution >= 4 is 26.9 Å². The molecule has 0 radical (unpaired) electrons. The number of rotatable bonds is 4. The fraction of sp³-hybridized carbons (Fsp3) is 0.235. The third-order valence-corrected chi connectivity index (χ3v) is 4.92. The van der Waals surface area contributed by atoms with Gasteiger partial charge in [0.05, 0.1) is 25.3 Å². The lowest BCUT2D eigenvalue weighted by atomic mass is 10.1. The predicted molar refractivity (Wildman–Crippen MR) is 93.6 cm³/mol. The van der Waals surface area contributed by atoms with Crippen LogP contribution in [0.1, 0.15) is 21.6 Å². The van der Waals surface area contributed by atoms with Crippen LogP contribution in [0.5, 0.6) is 11.5 Å². The van der Waals surface area contributed by atoms with Crippen LogP contribution in [0.25, 0.3) is 11.0 Å². The van der Waals surface area contributed by atoms with Crippen molar-refractivity contribution in [3.05, 3.63) is 41.2 Å². The average molecular weight is 359 g/mol. The summed E-state index contributed by atoms with van der Waals surface area (Å²) in [6.45, 7) is 3.55. The summed E-state index contributed by atoms with van der Waals surface area (Å²) in [4.78, 5) is 23.9. The Balaban J connectivity index is 1.99. The molecule has 0 saturated heterocycles. The van der Waals surface area contributed by atoms with E-state index in [0.29, 0.717) is 28.1 Å². The van der Waals surface area contributed by atoms with Crippen molar-refractivity contribution in [2.75, 3.05) is 14.2 Å². The molecule has 0 fully saturated rings. The molecule has 2 heterocycles. The molecule has 7 nitrogen and oxygen atoms in total. The molecule has 1 atom stereocenters. The van der Waals surface area contributed by atoms with Crippen molar-refractivity contribution in [3.8, 4) is 11.5 Å². The summed E-state index contributed by atoms with van der Waals surface area (Å²) >= 11 is 0. The molecule has 8 heteroatoms. The summed E-state index contributed by atoms with van der Waals surface area (Å²) in [5.74, 6) is 1.20. The number of pyridine rings is 1. The summed E-state index contributed by atoms with van der Waals surface area (Å²) in [5, 5.41) is -0.546. The molecule has 1 N–H and O–H groups in total. The zero-order valence-corrected chi connectivity index (χ0v) is 15.1. The lowest BCUT2D eigenvalue weighted by Crippen LogP contribution is -2.14. The smallest absolute Gasteiger partial charge is 0.275 e. The number of benzene rings is 1. The Morgan fingerprint density at radius 3 is 2.64 bits per heavy atom.